The van der Waals surface area contributed by atoms with Gasteiger partial charge in [0.25, 0.3) is 0 Å². The molecule has 0 heterocycles. The summed E-state index contributed by atoms with van der Waals surface area (Å²) in [6.07, 6.45) is 11.5. The van der Waals surface area contributed by atoms with Gasteiger partial charge >= 0.3 is 5.97 Å². The fourth-order valence-electron chi connectivity index (χ4n) is 2.31. The smallest absolute Gasteiger partial charge is 0.333 e. The molecule has 0 fully saturated rings. The highest BCUT2D eigenvalue weighted by atomic mass is 16.5. The molecule has 0 rings (SSSR count). The predicted octanol–water partition coefficient (Wildman–Crippen LogP) is 5.27. The molecule has 0 bridgehead atoms. The molecule has 0 N–H and O–H groups in total. The van der Waals surface area contributed by atoms with Crippen molar-refractivity contribution in [2.45, 2.75) is 78.6 Å². The summed E-state index contributed by atoms with van der Waals surface area (Å²) < 4.78 is 5.06. The van der Waals surface area contributed by atoms with Crippen molar-refractivity contribution in [3.63, 3.8) is 0 Å². The summed E-state index contributed by atoms with van der Waals surface area (Å²) in [5.41, 5.74) is 0.488. The average Bonchev–Trinajstić information content (AvgIpc) is 2.39. The molecule has 2 nitrogen and oxygen atoms in total. The zero-order valence-electron chi connectivity index (χ0n) is 13.2. The monoisotopic (exact) mass is 268 g/mol. The van der Waals surface area contributed by atoms with Crippen LogP contribution in [0.5, 0.6) is 0 Å². The topological polar surface area (TPSA) is 26.3 Å². The quantitative estimate of drug-likeness (QED) is 0.274. The zero-order chi connectivity index (χ0) is 14.5. The maximum absolute atomic E-state index is 11.1. The summed E-state index contributed by atoms with van der Waals surface area (Å²) in [4.78, 5) is 11.1. The number of esters is 1. The van der Waals surface area contributed by atoms with E-state index in [0.717, 1.165) is 18.8 Å². The molecule has 0 aliphatic carbocycles. The van der Waals surface area contributed by atoms with Gasteiger partial charge in [0.2, 0.25) is 0 Å². The van der Waals surface area contributed by atoms with Crippen molar-refractivity contribution in [1.29, 1.82) is 0 Å². The first-order valence-electron chi connectivity index (χ1n) is 7.94. The van der Waals surface area contributed by atoms with Crippen LogP contribution in [0.3, 0.4) is 0 Å². The van der Waals surface area contributed by atoms with Crippen molar-refractivity contribution in [3.05, 3.63) is 12.2 Å². The van der Waals surface area contributed by atoms with Crippen LogP contribution in [-0.4, -0.2) is 12.6 Å². The Kier molecular flexibility index (Phi) is 11.7. The van der Waals surface area contributed by atoms with Crippen molar-refractivity contribution < 1.29 is 9.53 Å². The second kappa shape index (κ2) is 12.3. The zero-order valence-corrected chi connectivity index (χ0v) is 13.2. The Morgan fingerprint density at radius 3 is 2.26 bits per heavy atom. The van der Waals surface area contributed by atoms with E-state index >= 15 is 0 Å². The van der Waals surface area contributed by atoms with Crippen molar-refractivity contribution >= 4 is 5.97 Å². The molecule has 0 saturated heterocycles. The van der Waals surface area contributed by atoms with Gasteiger partial charge in [-0.25, -0.2) is 4.79 Å². The number of carbonyl (C=O) groups is 1. The van der Waals surface area contributed by atoms with Crippen LogP contribution in [-0.2, 0) is 9.53 Å². The Morgan fingerprint density at radius 2 is 1.68 bits per heavy atom. The molecule has 0 aromatic rings. The van der Waals surface area contributed by atoms with Gasteiger partial charge < -0.3 is 4.74 Å². The third-order valence-corrected chi connectivity index (χ3v) is 3.61. The largest absolute Gasteiger partial charge is 0.462 e. The molecule has 1 unspecified atom stereocenters. The van der Waals surface area contributed by atoms with Gasteiger partial charge in [0.05, 0.1) is 6.61 Å². The van der Waals surface area contributed by atoms with Crippen molar-refractivity contribution in [2.75, 3.05) is 6.61 Å². The Labute approximate surface area is 119 Å². The van der Waals surface area contributed by atoms with Gasteiger partial charge in [0.1, 0.15) is 0 Å². The molecule has 0 radical (unpaired) electrons. The van der Waals surface area contributed by atoms with E-state index in [0.29, 0.717) is 12.2 Å². The molecular weight excluding hydrogens is 236 g/mol. The molecular formula is C17H32O2. The minimum absolute atomic E-state index is 0.259. The van der Waals surface area contributed by atoms with Gasteiger partial charge in [-0.1, -0.05) is 71.8 Å². The van der Waals surface area contributed by atoms with Crippen LogP contribution in [0.1, 0.15) is 78.6 Å². The fraction of sp³-hybridized carbons (Fsp3) is 0.824. The molecule has 0 saturated carbocycles. The highest BCUT2D eigenvalue weighted by Gasteiger charge is 2.04. The standard InChI is InChI=1S/C17H32O2/c1-5-12-16(6-2)13-10-8-7-9-11-14-19-17(18)15(3)4/h16H,3,5-14H2,1-2,4H3. The third kappa shape index (κ3) is 10.8. The summed E-state index contributed by atoms with van der Waals surface area (Å²) >= 11 is 0. The second-order valence-electron chi connectivity index (χ2n) is 5.54. The van der Waals surface area contributed by atoms with E-state index in [1.807, 2.05) is 0 Å². The van der Waals surface area contributed by atoms with Crippen molar-refractivity contribution in [3.8, 4) is 0 Å². The molecule has 112 valence electrons. The van der Waals surface area contributed by atoms with Gasteiger partial charge in [-0.2, -0.15) is 0 Å². The van der Waals surface area contributed by atoms with Gasteiger partial charge in [-0.3, -0.25) is 0 Å². The van der Waals surface area contributed by atoms with E-state index in [2.05, 4.69) is 20.4 Å². The Bertz CT molecular complexity index is 246. The number of carbonyl (C=O) groups excluding carboxylic acids is 1. The summed E-state index contributed by atoms with van der Waals surface area (Å²) in [5.74, 6) is 0.673. The van der Waals surface area contributed by atoms with Crippen LogP contribution in [0.2, 0.25) is 0 Å². The van der Waals surface area contributed by atoms with E-state index in [1.165, 1.54) is 44.9 Å². The number of hydrogen-bond donors (Lipinski definition) is 0. The predicted molar refractivity (Wildman–Crippen MR) is 82.2 cm³/mol. The molecule has 0 spiro atoms. The van der Waals surface area contributed by atoms with Crippen molar-refractivity contribution in [2.24, 2.45) is 5.92 Å². The summed E-state index contributed by atoms with van der Waals surface area (Å²) in [7, 11) is 0. The molecule has 1 atom stereocenters. The lowest BCUT2D eigenvalue weighted by atomic mass is 9.94. The lowest BCUT2D eigenvalue weighted by molar-refractivity contribution is -0.139. The minimum Gasteiger partial charge on any atom is -0.462 e. The summed E-state index contributed by atoms with van der Waals surface area (Å²) in [6.45, 7) is 10.4. The second-order valence-corrected chi connectivity index (χ2v) is 5.54. The number of rotatable bonds is 12. The van der Waals surface area contributed by atoms with Crippen LogP contribution < -0.4 is 0 Å². The van der Waals surface area contributed by atoms with Crippen LogP contribution in [0, 0.1) is 5.92 Å². The first kappa shape index (κ1) is 18.2. The Hall–Kier alpha value is -0.790. The highest BCUT2D eigenvalue weighted by Crippen LogP contribution is 2.19. The van der Waals surface area contributed by atoms with Crippen LogP contribution in [0.25, 0.3) is 0 Å². The summed E-state index contributed by atoms with van der Waals surface area (Å²) in [5, 5.41) is 0. The van der Waals surface area contributed by atoms with E-state index in [9.17, 15) is 4.79 Å². The first-order valence-corrected chi connectivity index (χ1v) is 7.94. The number of ether oxygens (including phenoxy) is 1. The maximum Gasteiger partial charge on any atom is 0.333 e. The van der Waals surface area contributed by atoms with Gasteiger partial charge in [-0.05, 0) is 19.3 Å². The molecule has 0 aromatic carbocycles. The summed E-state index contributed by atoms with van der Waals surface area (Å²) in [6, 6.07) is 0. The van der Waals surface area contributed by atoms with E-state index in [4.69, 9.17) is 4.74 Å². The SMILES string of the molecule is C=C(C)C(=O)OCCCCCCCC(CC)CCC. The van der Waals surface area contributed by atoms with E-state index in [1.54, 1.807) is 6.92 Å². The van der Waals surface area contributed by atoms with E-state index < -0.39 is 0 Å². The minimum atomic E-state index is -0.259. The first-order chi connectivity index (χ1) is 9.11. The molecule has 0 aromatic heterocycles. The molecule has 2 heteroatoms. The molecule has 0 amide bonds. The Morgan fingerprint density at radius 1 is 1.05 bits per heavy atom. The van der Waals surface area contributed by atoms with E-state index in [-0.39, 0.29) is 5.97 Å². The maximum atomic E-state index is 11.1. The van der Waals surface area contributed by atoms with Crippen LogP contribution >= 0.6 is 0 Å². The normalized spacial score (nSPS) is 12.2. The highest BCUT2D eigenvalue weighted by molar-refractivity contribution is 5.86. The lowest BCUT2D eigenvalue weighted by Crippen LogP contribution is -2.06. The Balaban J connectivity index is 3.31. The molecule has 0 aliphatic heterocycles. The van der Waals surface area contributed by atoms with Gasteiger partial charge in [-0.15, -0.1) is 0 Å². The third-order valence-electron chi connectivity index (χ3n) is 3.61. The average molecular weight is 268 g/mol. The lowest BCUT2D eigenvalue weighted by Gasteiger charge is -2.13. The van der Waals surface area contributed by atoms with Gasteiger partial charge in [0, 0.05) is 5.57 Å². The molecule has 19 heavy (non-hydrogen) atoms. The van der Waals surface area contributed by atoms with Crippen molar-refractivity contribution in [1.82, 2.24) is 0 Å². The van der Waals surface area contributed by atoms with Crippen LogP contribution in [0.15, 0.2) is 12.2 Å². The fourth-order valence-corrected chi connectivity index (χ4v) is 2.31. The number of hydrogen-bond acceptors (Lipinski definition) is 2. The van der Waals surface area contributed by atoms with Gasteiger partial charge in [0.15, 0.2) is 0 Å². The molecule has 0 aliphatic rings. The van der Waals surface area contributed by atoms with Crippen LogP contribution in [0.4, 0.5) is 0 Å². The number of unbranched alkanes of at least 4 members (excludes halogenated alkanes) is 4.